The minimum Gasteiger partial charge on any atom is -0.316 e. The molecule has 0 bridgehead atoms. The molecule has 0 aliphatic carbocycles. The minimum absolute atomic E-state index is 0.762. The summed E-state index contributed by atoms with van der Waals surface area (Å²) in [5.74, 6) is 0. The molecular weight excluding hydrogens is 268 g/mol. The molecule has 3 heteroatoms. The molecule has 1 N–H and O–H groups in total. The van der Waals surface area contributed by atoms with Gasteiger partial charge in [-0.15, -0.1) is 0 Å². The first-order valence-electron chi connectivity index (χ1n) is 6.56. The summed E-state index contributed by atoms with van der Waals surface area (Å²) in [6, 6.07) is 16.4. The van der Waals surface area contributed by atoms with Crippen molar-refractivity contribution in [3.05, 3.63) is 65.3 Å². The third-order valence-corrected chi connectivity index (χ3v) is 3.59. The predicted molar refractivity (Wildman–Crippen MR) is 85.0 cm³/mol. The van der Waals surface area contributed by atoms with Crippen molar-refractivity contribution in [1.29, 1.82) is 0 Å². The second kappa shape index (κ2) is 5.61. The van der Waals surface area contributed by atoms with Crippen molar-refractivity contribution in [3.8, 4) is 11.1 Å². The first-order chi connectivity index (χ1) is 9.78. The second-order valence-electron chi connectivity index (χ2n) is 4.74. The average molecular weight is 283 g/mol. The van der Waals surface area contributed by atoms with Crippen LogP contribution in [0.4, 0.5) is 0 Å². The minimum atomic E-state index is 0.762. The van der Waals surface area contributed by atoms with Crippen molar-refractivity contribution in [2.24, 2.45) is 0 Å². The van der Waals surface area contributed by atoms with Gasteiger partial charge in [-0.2, -0.15) is 0 Å². The Morgan fingerprint density at radius 1 is 1.10 bits per heavy atom. The Hall–Kier alpha value is -1.90. The first-order valence-corrected chi connectivity index (χ1v) is 6.94. The largest absolute Gasteiger partial charge is 0.316 e. The number of pyridine rings is 1. The predicted octanol–water partition coefficient (Wildman–Crippen LogP) is 4.27. The Bertz CT molecular complexity index is 753. The van der Waals surface area contributed by atoms with Crippen LogP contribution in [0.3, 0.4) is 0 Å². The summed E-state index contributed by atoms with van der Waals surface area (Å²) in [5, 5.41) is 5.10. The number of nitrogens with zero attached hydrogens (tertiary/aromatic N) is 1. The highest BCUT2D eigenvalue weighted by atomic mass is 35.5. The van der Waals surface area contributed by atoms with E-state index in [-0.39, 0.29) is 0 Å². The van der Waals surface area contributed by atoms with Crippen LogP contribution in [0.2, 0.25) is 5.02 Å². The number of hydrogen-bond acceptors (Lipinski definition) is 2. The summed E-state index contributed by atoms with van der Waals surface area (Å²) in [4.78, 5) is 4.42. The quantitative estimate of drug-likeness (QED) is 0.776. The fraction of sp³-hybridized carbons (Fsp3) is 0.118. The van der Waals surface area contributed by atoms with E-state index in [9.17, 15) is 0 Å². The Morgan fingerprint density at radius 3 is 2.85 bits per heavy atom. The van der Waals surface area contributed by atoms with E-state index in [1.807, 2.05) is 31.4 Å². The van der Waals surface area contributed by atoms with Gasteiger partial charge in [-0.3, -0.25) is 4.98 Å². The van der Waals surface area contributed by atoms with Gasteiger partial charge in [0.05, 0.1) is 5.52 Å². The number of nitrogens with one attached hydrogen (secondary N) is 1. The molecule has 1 heterocycles. The lowest BCUT2D eigenvalue weighted by atomic mass is 9.98. The highest BCUT2D eigenvalue weighted by Gasteiger charge is 2.06. The maximum Gasteiger partial charge on any atom is 0.0708 e. The van der Waals surface area contributed by atoms with Crippen LogP contribution < -0.4 is 5.32 Å². The molecule has 0 amide bonds. The van der Waals surface area contributed by atoms with Crippen LogP contribution in [0.5, 0.6) is 0 Å². The lowest BCUT2D eigenvalue weighted by Crippen LogP contribution is -2.06. The molecule has 0 saturated heterocycles. The van der Waals surface area contributed by atoms with Crippen molar-refractivity contribution in [1.82, 2.24) is 10.3 Å². The first kappa shape index (κ1) is 13.1. The number of fused-ring (bicyclic) bond motifs is 1. The Kier molecular flexibility index (Phi) is 3.68. The van der Waals surface area contributed by atoms with Crippen LogP contribution in [-0.2, 0) is 6.54 Å². The van der Waals surface area contributed by atoms with E-state index in [2.05, 4.69) is 40.6 Å². The summed E-state index contributed by atoms with van der Waals surface area (Å²) in [6.45, 7) is 0.788. The number of rotatable bonds is 3. The molecule has 20 heavy (non-hydrogen) atoms. The zero-order chi connectivity index (χ0) is 13.9. The van der Waals surface area contributed by atoms with Crippen molar-refractivity contribution in [2.45, 2.75) is 6.54 Å². The molecule has 0 aliphatic heterocycles. The lowest BCUT2D eigenvalue weighted by molar-refractivity contribution is 0.819. The number of aromatic nitrogens is 1. The molecule has 0 unspecified atom stereocenters. The SMILES string of the molecule is CNCc1cc(Cl)ccc1-c1ccc2cccnc2c1. The van der Waals surface area contributed by atoms with E-state index < -0.39 is 0 Å². The van der Waals surface area contributed by atoms with Crippen LogP contribution in [0, 0.1) is 0 Å². The smallest absolute Gasteiger partial charge is 0.0708 e. The molecule has 3 rings (SSSR count). The van der Waals surface area contributed by atoms with Gasteiger partial charge in [0.25, 0.3) is 0 Å². The Balaban J connectivity index is 2.14. The third kappa shape index (κ3) is 2.53. The molecule has 1 aromatic heterocycles. The van der Waals surface area contributed by atoms with Gasteiger partial charge in [-0.1, -0.05) is 35.9 Å². The topological polar surface area (TPSA) is 24.9 Å². The fourth-order valence-corrected chi connectivity index (χ4v) is 2.61. The maximum absolute atomic E-state index is 6.09. The van der Waals surface area contributed by atoms with Crippen LogP contribution in [-0.4, -0.2) is 12.0 Å². The van der Waals surface area contributed by atoms with Crippen LogP contribution in [0.15, 0.2) is 54.7 Å². The zero-order valence-electron chi connectivity index (χ0n) is 11.2. The molecule has 2 aromatic carbocycles. The van der Waals surface area contributed by atoms with E-state index in [0.717, 1.165) is 28.0 Å². The molecule has 0 radical (unpaired) electrons. The summed E-state index contributed by atoms with van der Waals surface area (Å²) in [5.41, 5.74) is 4.56. The summed E-state index contributed by atoms with van der Waals surface area (Å²) in [7, 11) is 1.94. The highest BCUT2D eigenvalue weighted by molar-refractivity contribution is 6.30. The van der Waals surface area contributed by atoms with Gasteiger partial charge in [0.2, 0.25) is 0 Å². The molecule has 100 valence electrons. The normalized spacial score (nSPS) is 10.9. The average Bonchev–Trinajstić information content (AvgIpc) is 2.47. The molecule has 3 aromatic rings. The molecule has 0 atom stereocenters. The monoisotopic (exact) mass is 282 g/mol. The zero-order valence-corrected chi connectivity index (χ0v) is 12.0. The molecular formula is C17H15ClN2. The number of benzene rings is 2. The molecule has 0 spiro atoms. The summed E-state index contributed by atoms with van der Waals surface area (Å²) < 4.78 is 0. The van der Waals surface area contributed by atoms with Crippen molar-refractivity contribution < 1.29 is 0 Å². The molecule has 0 fully saturated rings. The maximum atomic E-state index is 6.09. The van der Waals surface area contributed by atoms with Gasteiger partial charge in [0.1, 0.15) is 0 Å². The van der Waals surface area contributed by atoms with E-state index >= 15 is 0 Å². The summed E-state index contributed by atoms with van der Waals surface area (Å²) >= 11 is 6.09. The van der Waals surface area contributed by atoms with Crippen molar-refractivity contribution >= 4 is 22.5 Å². The fourth-order valence-electron chi connectivity index (χ4n) is 2.41. The number of hydrogen-bond donors (Lipinski definition) is 1. The Morgan fingerprint density at radius 2 is 2.00 bits per heavy atom. The van der Waals surface area contributed by atoms with Gasteiger partial charge in [0, 0.05) is 23.2 Å². The van der Waals surface area contributed by atoms with Crippen molar-refractivity contribution in [2.75, 3.05) is 7.05 Å². The van der Waals surface area contributed by atoms with Gasteiger partial charge in [-0.25, -0.2) is 0 Å². The van der Waals surface area contributed by atoms with Crippen LogP contribution >= 0.6 is 11.6 Å². The van der Waals surface area contributed by atoms with Gasteiger partial charge >= 0.3 is 0 Å². The Labute approximate surface area is 123 Å². The standard InChI is InChI=1S/C17H15ClN2/c1-19-11-14-9-15(18)6-7-16(14)13-5-4-12-3-2-8-20-17(12)10-13/h2-10,19H,11H2,1H3. The molecule has 0 aliphatic rings. The highest BCUT2D eigenvalue weighted by Crippen LogP contribution is 2.28. The summed E-state index contributed by atoms with van der Waals surface area (Å²) in [6.07, 6.45) is 1.82. The van der Waals surface area contributed by atoms with Crippen LogP contribution in [0.1, 0.15) is 5.56 Å². The van der Waals surface area contributed by atoms with E-state index in [0.29, 0.717) is 0 Å². The molecule has 2 nitrogen and oxygen atoms in total. The lowest BCUT2D eigenvalue weighted by Gasteiger charge is -2.11. The van der Waals surface area contributed by atoms with E-state index in [1.165, 1.54) is 11.1 Å². The van der Waals surface area contributed by atoms with Gasteiger partial charge in [-0.05, 0) is 48.0 Å². The van der Waals surface area contributed by atoms with Gasteiger partial charge < -0.3 is 5.32 Å². The third-order valence-electron chi connectivity index (χ3n) is 3.35. The number of halogens is 1. The molecule has 0 saturated carbocycles. The van der Waals surface area contributed by atoms with Crippen LogP contribution in [0.25, 0.3) is 22.0 Å². The van der Waals surface area contributed by atoms with Crippen molar-refractivity contribution in [3.63, 3.8) is 0 Å². The van der Waals surface area contributed by atoms with Gasteiger partial charge in [0.15, 0.2) is 0 Å². The second-order valence-corrected chi connectivity index (χ2v) is 5.18. The van der Waals surface area contributed by atoms with E-state index in [4.69, 9.17) is 11.6 Å². The van der Waals surface area contributed by atoms with E-state index in [1.54, 1.807) is 0 Å².